The number of nitrogens with one attached hydrogen (secondary N) is 2. The van der Waals surface area contributed by atoms with Gasteiger partial charge in [0.05, 0.1) is 11.9 Å². The fourth-order valence-electron chi connectivity index (χ4n) is 3.81. The quantitative estimate of drug-likeness (QED) is 0.593. The van der Waals surface area contributed by atoms with Crippen molar-refractivity contribution in [2.75, 3.05) is 23.2 Å². The van der Waals surface area contributed by atoms with E-state index in [1.807, 2.05) is 0 Å². The molecule has 0 saturated heterocycles. The summed E-state index contributed by atoms with van der Waals surface area (Å²) in [4.78, 5) is 8.40. The molecule has 1 saturated carbocycles. The van der Waals surface area contributed by atoms with Crippen molar-refractivity contribution in [2.45, 2.75) is 31.7 Å². The lowest BCUT2D eigenvalue weighted by Crippen LogP contribution is -2.43. The van der Waals surface area contributed by atoms with Crippen LogP contribution in [0, 0.1) is 11.7 Å². The number of pyridine rings is 1. The van der Waals surface area contributed by atoms with E-state index < -0.39 is 10.2 Å². The van der Waals surface area contributed by atoms with Gasteiger partial charge in [-0.15, -0.1) is 0 Å². The van der Waals surface area contributed by atoms with Gasteiger partial charge in [0.1, 0.15) is 11.3 Å². The SMILES string of the molecule is CNS(=O)(=O)N(CC1CCC(Nc2nc3ccc(F)cc3o2)CC1)c1cccnc1. The molecule has 2 aromatic heterocycles. The zero-order valence-corrected chi connectivity index (χ0v) is 17.4. The highest BCUT2D eigenvalue weighted by Gasteiger charge is 2.28. The van der Waals surface area contributed by atoms with Crippen LogP contribution in [0.25, 0.3) is 11.1 Å². The average molecular weight is 434 g/mol. The molecule has 2 N–H and O–H groups in total. The second kappa shape index (κ2) is 8.57. The van der Waals surface area contributed by atoms with Gasteiger partial charge in [-0.2, -0.15) is 13.4 Å². The molecule has 30 heavy (non-hydrogen) atoms. The normalized spacial score (nSPS) is 19.7. The molecular weight excluding hydrogens is 409 g/mol. The number of halogens is 1. The molecule has 0 amide bonds. The van der Waals surface area contributed by atoms with Gasteiger partial charge in [0.25, 0.3) is 6.01 Å². The number of aromatic nitrogens is 2. The van der Waals surface area contributed by atoms with Gasteiger partial charge in [-0.25, -0.2) is 9.11 Å². The molecular formula is C20H24FN5O3S. The Bertz CT molecular complexity index is 1100. The summed E-state index contributed by atoms with van der Waals surface area (Å²) in [6.45, 7) is 0.393. The summed E-state index contributed by atoms with van der Waals surface area (Å²) in [5, 5.41) is 3.28. The third-order valence-electron chi connectivity index (χ3n) is 5.43. The topological polar surface area (TPSA) is 100 Å². The summed E-state index contributed by atoms with van der Waals surface area (Å²) in [7, 11) is -2.21. The van der Waals surface area contributed by atoms with Crippen LogP contribution in [0.4, 0.5) is 16.1 Å². The second-order valence-corrected chi connectivity index (χ2v) is 9.24. The molecule has 0 atom stereocenters. The number of hydrogen-bond acceptors (Lipinski definition) is 6. The van der Waals surface area contributed by atoms with E-state index in [4.69, 9.17) is 4.42 Å². The minimum Gasteiger partial charge on any atom is -0.423 e. The summed E-state index contributed by atoms with van der Waals surface area (Å²) in [5.41, 5.74) is 1.57. The van der Waals surface area contributed by atoms with Crippen LogP contribution >= 0.6 is 0 Å². The predicted octanol–water partition coefficient (Wildman–Crippen LogP) is 3.30. The standard InChI is InChI=1S/C20H24FN5O3S/c1-22-30(27,28)26(17-3-2-10-23-12-17)13-14-4-7-16(8-5-14)24-20-25-18-9-6-15(21)11-19(18)29-20/h2-3,6,9-12,14,16,22H,4-5,7-8,13H2,1H3,(H,24,25). The molecule has 0 radical (unpaired) electrons. The van der Waals surface area contributed by atoms with E-state index in [1.54, 1.807) is 30.6 Å². The van der Waals surface area contributed by atoms with Crippen LogP contribution in [0.15, 0.2) is 47.1 Å². The first-order valence-electron chi connectivity index (χ1n) is 9.88. The first-order valence-corrected chi connectivity index (χ1v) is 11.3. The number of nitrogens with zero attached hydrogens (tertiary/aromatic N) is 3. The van der Waals surface area contributed by atoms with Crippen molar-refractivity contribution in [1.29, 1.82) is 0 Å². The van der Waals surface area contributed by atoms with Crippen molar-refractivity contribution in [3.63, 3.8) is 0 Å². The Balaban J connectivity index is 1.38. The molecule has 1 fully saturated rings. The lowest BCUT2D eigenvalue weighted by atomic mass is 9.86. The van der Waals surface area contributed by atoms with E-state index in [-0.39, 0.29) is 17.8 Å². The van der Waals surface area contributed by atoms with Crippen LogP contribution in [0.3, 0.4) is 0 Å². The van der Waals surface area contributed by atoms with Crippen LogP contribution < -0.4 is 14.3 Å². The molecule has 8 nitrogen and oxygen atoms in total. The Kier molecular flexibility index (Phi) is 5.87. The van der Waals surface area contributed by atoms with E-state index in [9.17, 15) is 12.8 Å². The van der Waals surface area contributed by atoms with Gasteiger partial charge in [0.2, 0.25) is 0 Å². The van der Waals surface area contributed by atoms with Gasteiger partial charge >= 0.3 is 10.2 Å². The van der Waals surface area contributed by atoms with Crippen molar-refractivity contribution in [3.05, 3.63) is 48.5 Å². The molecule has 2 heterocycles. The van der Waals surface area contributed by atoms with Gasteiger partial charge in [-0.1, -0.05) is 0 Å². The Hall–Kier alpha value is -2.72. The zero-order valence-electron chi connectivity index (χ0n) is 16.6. The van der Waals surface area contributed by atoms with E-state index >= 15 is 0 Å². The molecule has 4 rings (SSSR count). The Morgan fingerprint density at radius 1 is 1.23 bits per heavy atom. The van der Waals surface area contributed by atoms with E-state index in [0.29, 0.717) is 29.3 Å². The number of anilines is 2. The predicted molar refractivity (Wildman–Crippen MR) is 113 cm³/mol. The largest absolute Gasteiger partial charge is 0.423 e. The number of benzene rings is 1. The maximum atomic E-state index is 13.3. The zero-order chi connectivity index (χ0) is 21.1. The molecule has 160 valence electrons. The van der Waals surface area contributed by atoms with Crippen LogP contribution in [0.2, 0.25) is 0 Å². The smallest absolute Gasteiger partial charge is 0.301 e. The Morgan fingerprint density at radius 3 is 2.73 bits per heavy atom. The maximum absolute atomic E-state index is 13.3. The lowest BCUT2D eigenvalue weighted by molar-refractivity contribution is 0.341. The summed E-state index contributed by atoms with van der Waals surface area (Å²) in [6.07, 6.45) is 6.62. The fourth-order valence-corrected chi connectivity index (χ4v) is 4.83. The van der Waals surface area contributed by atoms with Crippen LogP contribution in [0.1, 0.15) is 25.7 Å². The molecule has 10 heteroatoms. The highest BCUT2D eigenvalue weighted by atomic mass is 32.2. The number of rotatable bonds is 7. The van der Waals surface area contributed by atoms with Crippen molar-refractivity contribution < 1.29 is 17.2 Å². The van der Waals surface area contributed by atoms with Gasteiger partial charge in [-0.3, -0.25) is 9.29 Å². The highest BCUT2D eigenvalue weighted by Crippen LogP contribution is 2.30. The molecule has 0 aliphatic heterocycles. The molecule has 0 bridgehead atoms. The lowest BCUT2D eigenvalue weighted by Gasteiger charge is -2.33. The fraction of sp³-hybridized carbons (Fsp3) is 0.400. The van der Waals surface area contributed by atoms with Gasteiger partial charge in [-0.05, 0) is 55.9 Å². The van der Waals surface area contributed by atoms with Crippen LogP contribution in [-0.4, -0.2) is 38.0 Å². The monoisotopic (exact) mass is 433 g/mol. The average Bonchev–Trinajstić information content (AvgIpc) is 3.15. The van der Waals surface area contributed by atoms with E-state index in [1.165, 1.54) is 23.5 Å². The second-order valence-electron chi connectivity index (χ2n) is 7.44. The first-order chi connectivity index (χ1) is 14.4. The third kappa shape index (κ3) is 4.54. The Labute approximate surface area is 174 Å². The third-order valence-corrected chi connectivity index (χ3v) is 6.89. The van der Waals surface area contributed by atoms with Crippen LogP contribution in [0.5, 0.6) is 0 Å². The molecule has 1 aliphatic carbocycles. The summed E-state index contributed by atoms with van der Waals surface area (Å²) < 4.78 is 47.7. The summed E-state index contributed by atoms with van der Waals surface area (Å²) in [5.74, 6) is -0.135. The Morgan fingerprint density at radius 2 is 2.03 bits per heavy atom. The summed E-state index contributed by atoms with van der Waals surface area (Å²) >= 11 is 0. The van der Waals surface area contributed by atoms with E-state index in [0.717, 1.165) is 25.7 Å². The van der Waals surface area contributed by atoms with E-state index in [2.05, 4.69) is 20.0 Å². The van der Waals surface area contributed by atoms with Gasteiger partial charge in [0.15, 0.2) is 5.58 Å². The molecule has 1 aromatic carbocycles. The van der Waals surface area contributed by atoms with Gasteiger partial charge < -0.3 is 9.73 Å². The van der Waals surface area contributed by atoms with Crippen molar-refractivity contribution in [2.24, 2.45) is 5.92 Å². The molecule has 3 aromatic rings. The number of oxazole rings is 1. The first kappa shape index (κ1) is 20.5. The van der Waals surface area contributed by atoms with Gasteiger partial charge in [0, 0.05) is 31.9 Å². The highest BCUT2D eigenvalue weighted by molar-refractivity contribution is 7.90. The number of fused-ring (bicyclic) bond motifs is 1. The minimum atomic E-state index is -3.62. The molecule has 1 aliphatic rings. The maximum Gasteiger partial charge on any atom is 0.301 e. The van der Waals surface area contributed by atoms with Crippen molar-refractivity contribution >= 4 is 33.0 Å². The minimum absolute atomic E-state index is 0.173. The molecule has 0 spiro atoms. The van der Waals surface area contributed by atoms with Crippen molar-refractivity contribution in [1.82, 2.24) is 14.7 Å². The number of hydrogen-bond donors (Lipinski definition) is 2. The molecule has 0 unspecified atom stereocenters. The van der Waals surface area contributed by atoms with Crippen LogP contribution in [-0.2, 0) is 10.2 Å². The van der Waals surface area contributed by atoms with Crippen molar-refractivity contribution in [3.8, 4) is 0 Å². The summed E-state index contributed by atoms with van der Waals surface area (Å²) in [6, 6.07) is 8.28.